The smallest absolute Gasteiger partial charge is 0.305 e. The standard InChI is InChI=1S/C9H18N4O2S2/c1-10-8(16)11-4-2-5-12-9(17)13-6-3-7(14)15/h2-6H2,1H3,(H,14,15)(H2,10,11,16)(H2,12,13,17). The van der Waals surface area contributed by atoms with Gasteiger partial charge in [0.15, 0.2) is 10.2 Å². The fraction of sp³-hybridized carbons (Fsp3) is 0.667. The molecule has 0 aliphatic heterocycles. The molecular weight excluding hydrogens is 260 g/mol. The molecule has 0 aromatic rings. The molecule has 0 spiro atoms. The van der Waals surface area contributed by atoms with Crippen molar-refractivity contribution in [3.8, 4) is 0 Å². The highest BCUT2D eigenvalue weighted by Gasteiger charge is 1.98. The van der Waals surface area contributed by atoms with Gasteiger partial charge < -0.3 is 26.4 Å². The average molecular weight is 278 g/mol. The fourth-order valence-electron chi connectivity index (χ4n) is 0.926. The molecule has 8 heteroatoms. The van der Waals surface area contributed by atoms with Gasteiger partial charge in [0.05, 0.1) is 6.42 Å². The maximum absolute atomic E-state index is 10.2. The van der Waals surface area contributed by atoms with Crippen LogP contribution in [-0.2, 0) is 4.79 Å². The summed E-state index contributed by atoms with van der Waals surface area (Å²) in [6, 6.07) is 0. The highest BCUT2D eigenvalue weighted by molar-refractivity contribution is 7.80. The number of hydrogen-bond donors (Lipinski definition) is 5. The summed E-state index contributed by atoms with van der Waals surface area (Å²) in [7, 11) is 1.76. The van der Waals surface area contributed by atoms with Crippen molar-refractivity contribution in [1.29, 1.82) is 0 Å². The summed E-state index contributed by atoms with van der Waals surface area (Å²) in [5.74, 6) is -0.843. The van der Waals surface area contributed by atoms with E-state index in [-0.39, 0.29) is 6.42 Å². The quantitative estimate of drug-likeness (QED) is 0.312. The largest absolute Gasteiger partial charge is 0.481 e. The highest BCUT2D eigenvalue weighted by Crippen LogP contribution is 1.78. The van der Waals surface area contributed by atoms with Crippen molar-refractivity contribution in [1.82, 2.24) is 21.3 Å². The minimum absolute atomic E-state index is 0.0554. The van der Waals surface area contributed by atoms with E-state index in [1.165, 1.54) is 0 Å². The van der Waals surface area contributed by atoms with Crippen LogP contribution in [0.3, 0.4) is 0 Å². The summed E-state index contributed by atoms with van der Waals surface area (Å²) in [4.78, 5) is 10.2. The molecule has 0 saturated carbocycles. The molecule has 6 nitrogen and oxygen atoms in total. The van der Waals surface area contributed by atoms with Crippen LogP contribution in [0.5, 0.6) is 0 Å². The van der Waals surface area contributed by atoms with Gasteiger partial charge in [-0.2, -0.15) is 0 Å². The van der Waals surface area contributed by atoms with Crippen molar-refractivity contribution in [3.05, 3.63) is 0 Å². The van der Waals surface area contributed by atoms with Gasteiger partial charge in [-0.15, -0.1) is 0 Å². The molecule has 0 bridgehead atoms. The maximum Gasteiger partial charge on any atom is 0.305 e. The lowest BCUT2D eigenvalue weighted by Gasteiger charge is -2.10. The maximum atomic E-state index is 10.2. The van der Waals surface area contributed by atoms with Gasteiger partial charge in [-0.05, 0) is 30.9 Å². The Morgan fingerprint density at radius 3 is 2.12 bits per heavy atom. The Morgan fingerprint density at radius 2 is 1.59 bits per heavy atom. The normalized spacial score (nSPS) is 9.24. The van der Waals surface area contributed by atoms with Crippen LogP contribution in [0.4, 0.5) is 0 Å². The van der Waals surface area contributed by atoms with Crippen molar-refractivity contribution < 1.29 is 9.90 Å². The van der Waals surface area contributed by atoms with Crippen LogP contribution in [0, 0.1) is 0 Å². The first-order valence-electron chi connectivity index (χ1n) is 5.25. The summed E-state index contributed by atoms with van der Waals surface area (Å²) in [6.45, 7) is 1.80. The number of rotatable bonds is 7. The van der Waals surface area contributed by atoms with Crippen LogP contribution >= 0.6 is 24.4 Å². The van der Waals surface area contributed by atoms with Gasteiger partial charge in [0.1, 0.15) is 0 Å². The number of nitrogens with one attached hydrogen (secondary N) is 4. The van der Waals surface area contributed by atoms with Gasteiger partial charge >= 0.3 is 5.97 Å². The number of aliphatic carboxylic acids is 1. The number of carboxylic acid groups (broad SMARTS) is 1. The molecule has 0 fully saturated rings. The average Bonchev–Trinajstić information content (AvgIpc) is 2.27. The molecule has 0 saturated heterocycles. The van der Waals surface area contributed by atoms with E-state index in [2.05, 4.69) is 21.3 Å². The van der Waals surface area contributed by atoms with Gasteiger partial charge in [-0.25, -0.2) is 0 Å². The second-order valence-electron chi connectivity index (χ2n) is 3.19. The third kappa shape index (κ3) is 11.1. The molecule has 0 aliphatic carbocycles. The first-order valence-corrected chi connectivity index (χ1v) is 6.07. The van der Waals surface area contributed by atoms with Crippen molar-refractivity contribution in [2.45, 2.75) is 12.8 Å². The van der Waals surface area contributed by atoms with E-state index in [4.69, 9.17) is 29.5 Å². The molecule has 0 aliphatic rings. The number of thiocarbonyl (C=S) groups is 2. The first kappa shape index (κ1) is 15.9. The van der Waals surface area contributed by atoms with Crippen LogP contribution in [0.15, 0.2) is 0 Å². The molecule has 0 aromatic carbocycles. The van der Waals surface area contributed by atoms with Gasteiger partial charge in [0.25, 0.3) is 0 Å². The van der Waals surface area contributed by atoms with E-state index in [0.717, 1.165) is 13.0 Å². The van der Waals surface area contributed by atoms with Crippen molar-refractivity contribution >= 4 is 40.6 Å². The summed E-state index contributed by atoms with van der Waals surface area (Å²) < 4.78 is 0. The first-order chi connectivity index (χ1) is 8.06. The molecule has 0 rings (SSSR count). The zero-order chi connectivity index (χ0) is 13.1. The molecular formula is C9H18N4O2S2. The second kappa shape index (κ2) is 10.0. The molecule has 5 N–H and O–H groups in total. The van der Waals surface area contributed by atoms with E-state index in [1.807, 2.05) is 0 Å². The molecule has 98 valence electrons. The summed E-state index contributed by atoms with van der Waals surface area (Å²) >= 11 is 9.86. The van der Waals surface area contributed by atoms with Gasteiger partial charge in [-0.3, -0.25) is 4.79 Å². The van der Waals surface area contributed by atoms with Crippen molar-refractivity contribution in [2.75, 3.05) is 26.7 Å². The summed E-state index contributed by atoms with van der Waals surface area (Å²) in [6.07, 6.45) is 0.919. The van der Waals surface area contributed by atoms with Crippen LogP contribution in [0.1, 0.15) is 12.8 Å². The van der Waals surface area contributed by atoms with E-state index in [9.17, 15) is 4.79 Å². The van der Waals surface area contributed by atoms with Crippen molar-refractivity contribution in [2.24, 2.45) is 0 Å². The Balaban J connectivity index is 3.33. The highest BCUT2D eigenvalue weighted by atomic mass is 32.1. The predicted molar refractivity (Wildman–Crippen MR) is 75.1 cm³/mol. The van der Waals surface area contributed by atoms with Gasteiger partial charge in [0.2, 0.25) is 0 Å². The minimum atomic E-state index is -0.843. The van der Waals surface area contributed by atoms with Gasteiger partial charge in [0, 0.05) is 26.7 Å². The lowest BCUT2D eigenvalue weighted by molar-refractivity contribution is -0.136. The Labute approximate surface area is 112 Å². The lowest BCUT2D eigenvalue weighted by Crippen LogP contribution is -2.38. The second-order valence-corrected chi connectivity index (χ2v) is 4.00. The van der Waals surface area contributed by atoms with E-state index < -0.39 is 5.97 Å². The number of carbonyl (C=O) groups is 1. The Bertz CT molecular complexity index is 274. The monoisotopic (exact) mass is 278 g/mol. The SMILES string of the molecule is CNC(=S)NCCCNC(=S)NCCC(=O)O. The third-order valence-electron chi connectivity index (χ3n) is 1.78. The number of hydrogen-bond acceptors (Lipinski definition) is 3. The molecule has 0 radical (unpaired) electrons. The van der Waals surface area contributed by atoms with Crippen LogP contribution < -0.4 is 21.3 Å². The Morgan fingerprint density at radius 1 is 1.06 bits per heavy atom. The summed E-state index contributed by atoms with van der Waals surface area (Å²) in [5, 5.41) is 21.1. The molecule has 17 heavy (non-hydrogen) atoms. The summed E-state index contributed by atoms with van der Waals surface area (Å²) in [5.41, 5.74) is 0. The van der Waals surface area contributed by atoms with Crippen LogP contribution in [0.2, 0.25) is 0 Å². The molecule has 0 heterocycles. The third-order valence-corrected chi connectivity index (χ3v) is 2.41. The van der Waals surface area contributed by atoms with Gasteiger partial charge in [-0.1, -0.05) is 0 Å². The molecule has 0 atom stereocenters. The van der Waals surface area contributed by atoms with Crippen LogP contribution in [-0.4, -0.2) is 48.0 Å². The Kier molecular flexibility index (Phi) is 9.35. The fourth-order valence-corrected chi connectivity index (χ4v) is 1.23. The van der Waals surface area contributed by atoms with E-state index in [1.54, 1.807) is 7.05 Å². The molecule has 0 unspecified atom stereocenters. The minimum Gasteiger partial charge on any atom is -0.481 e. The Hall–Kier alpha value is -1.15. The van der Waals surface area contributed by atoms with E-state index >= 15 is 0 Å². The molecule has 0 aromatic heterocycles. The number of carboxylic acids is 1. The zero-order valence-electron chi connectivity index (χ0n) is 9.71. The predicted octanol–water partition coefficient (Wildman–Crippen LogP) is -0.591. The topological polar surface area (TPSA) is 85.4 Å². The zero-order valence-corrected chi connectivity index (χ0v) is 11.3. The lowest BCUT2D eigenvalue weighted by atomic mass is 10.4. The molecule has 0 amide bonds. The van der Waals surface area contributed by atoms with E-state index in [0.29, 0.717) is 23.3 Å². The van der Waals surface area contributed by atoms with Crippen LogP contribution in [0.25, 0.3) is 0 Å². The van der Waals surface area contributed by atoms with Crippen molar-refractivity contribution in [3.63, 3.8) is 0 Å².